The van der Waals surface area contributed by atoms with Crippen molar-refractivity contribution in [2.75, 3.05) is 31.7 Å². The molecule has 0 spiro atoms. The van der Waals surface area contributed by atoms with Crippen LogP contribution in [0.1, 0.15) is 12.0 Å². The summed E-state index contributed by atoms with van der Waals surface area (Å²) in [5.41, 5.74) is 7.71. The number of nitrogens with two attached hydrogens (primary N) is 1. The zero-order valence-corrected chi connectivity index (χ0v) is 12.2. The second-order valence-electron chi connectivity index (χ2n) is 5.06. The summed E-state index contributed by atoms with van der Waals surface area (Å²) >= 11 is 0. The fraction of sp³-hybridized carbons (Fsp3) is 0.467. The van der Waals surface area contributed by atoms with Crippen molar-refractivity contribution in [3.63, 3.8) is 0 Å². The van der Waals surface area contributed by atoms with Crippen molar-refractivity contribution in [1.29, 1.82) is 0 Å². The molecule has 0 saturated heterocycles. The Kier molecular flexibility index (Phi) is 5.30. The third kappa shape index (κ3) is 3.80. The largest absolute Gasteiger partial charge is 0.383 e. The molecule has 1 heterocycles. The third-order valence-electron chi connectivity index (χ3n) is 3.51. The molecule has 0 aliphatic carbocycles. The molecule has 2 amide bonds. The Hall–Kier alpha value is -1.92. The van der Waals surface area contributed by atoms with Crippen LogP contribution >= 0.6 is 0 Å². The first-order valence-corrected chi connectivity index (χ1v) is 7.04. The summed E-state index contributed by atoms with van der Waals surface area (Å²) in [5.74, 6) is -0.504. The Labute approximate surface area is 124 Å². The van der Waals surface area contributed by atoms with E-state index in [9.17, 15) is 9.59 Å². The average molecular weight is 291 g/mol. The molecule has 0 radical (unpaired) electrons. The van der Waals surface area contributed by atoms with Crippen molar-refractivity contribution in [1.82, 2.24) is 5.32 Å². The van der Waals surface area contributed by atoms with E-state index in [0.29, 0.717) is 6.54 Å². The predicted molar refractivity (Wildman–Crippen MR) is 80.0 cm³/mol. The summed E-state index contributed by atoms with van der Waals surface area (Å²) < 4.78 is 4.81. The van der Waals surface area contributed by atoms with Crippen LogP contribution in [0.5, 0.6) is 0 Å². The van der Waals surface area contributed by atoms with Gasteiger partial charge in [-0.25, -0.2) is 0 Å². The van der Waals surface area contributed by atoms with Crippen molar-refractivity contribution in [3.05, 3.63) is 29.8 Å². The number of carbonyl (C=O) groups excluding carboxylic acids is 2. The fourth-order valence-electron chi connectivity index (χ4n) is 2.44. The van der Waals surface area contributed by atoms with Gasteiger partial charge < -0.3 is 20.7 Å². The van der Waals surface area contributed by atoms with Crippen molar-refractivity contribution >= 4 is 17.5 Å². The molecule has 0 saturated carbocycles. The number of rotatable bonds is 5. The zero-order chi connectivity index (χ0) is 15.2. The van der Waals surface area contributed by atoms with Crippen LogP contribution in [-0.4, -0.2) is 44.7 Å². The van der Waals surface area contributed by atoms with E-state index < -0.39 is 6.04 Å². The van der Waals surface area contributed by atoms with E-state index in [1.807, 2.05) is 24.3 Å². The Bertz CT molecular complexity index is 519. The number of carbonyl (C=O) groups is 2. The van der Waals surface area contributed by atoms with E-state index in [1.54, 1.807) is 4.90 Å². The van der Waals surface area contributed by atoms with Gasteiger partial charge in [0.1, 0.15) is 6.04 Å². The molecule has 2 rings (SSSR count). The molecular weight excluding hydrogens is 270 g/mol. The molecule has 1 atom stereocenters. The van der Waals surface area contributed by atoms with Crippen LogP contribution in [0.3, 0.4) is 0 Å². The van der Waals surface area contributed by atoms with Gasteiger partial charge >= 0.3 is 0 Å². The van der Waals surface area contributed by atoms with Crippen LogP contribution in [0.4, 0.5) is 5.69 Å². The lowest BCUT2D eigenvalue weighted by Crippen LogP contribution is -2.48. The third-order valence-corrected chi connectivity index (χ3v) is 3.51. The van der Waals surface area contributed by atoms with E-state index in [2.05, 4.69) is 5.32 Å². The highest BCUT2D eigenvalue weighted by atomic mass is 16.5. The number of ether oxygens (including phenoxy) is 1. The second-order valence-corrected chi connectivity index (χ2v) is 5.06. The minimum Gasteiger partial charge on any atom is -0.383 e. The van der Waals surface area contributed by atoms with Gasteiger partial charge in [-0.2, -0.15) is 0 Å². The molecule has 1 unspecified atom stereocenters. The van der Waals surface area contributed by atoms with Gasteiger partial charge in [0.25, 0.3) is 0 Å². The van der Waals surface area contributed by atoms with Gasteiger partial charge in [-0.3, -0.25) is 9.59 Å². The molecule has 0 aromatic heterocycles. The van der Waals surface area contributed by atoms with Gasteiger partial charge in [-0.1, -0.05) is 18.2 Å². The molecule has 1 aliphatic rings. The number of nitrogens with one attached hydrogen (secondary N) is 1. The van der Waals surface area contributed by atoms with E-state index in [0.717, 1.165) is 18.5 Å². The zero-order valence-electron chi connectivity index (χ0n) is 12.2. The Morgan fingerprint density at radius 1 is 1.43 bits per heavy atom. The van der Waals surface area contributed by atoms with Gasteiger partial charge in [0.15, 0.2) is 0 Å². The normalized spacial score (nSPS) is 15.2. The van der Waals surface area contributed by atoms with Crippen molar-refractivity contribution < 1.29 is 14.3 Å². The number of anilines is 1. The smallest absolute Gasteiger partial charge is 0.246 e. The highest BCUT2D eigenvalue weighted by Gasteiger charge is 2.23. The monoisotopic (exact) mass is 291 g/mol. The maximum Gasteiger partial charge on any atom is 0.246 e. The lowest BCUT2D eigenvalue weighted by Gasteiger charge is -2.29. The summed E-state index contributed by atoms with van der Waals surface area (Å²) in [6.07, 6.45) is 1.91. The molecule has 21 heavy (non-hydrogen) atoms. The first kappa shape index (κ1) is 15.5. The van der Waals surface area contributed by atoms with Gasteiger partial charge in [0, 0.05) is 19.3 Å². The Balaban J connectivity index is 1.94. The lowest BCUT2D eigenvalue weighted by molar-refractivity contribution is -0.126. The minimum atomic E-state index is -0.753. The molecule has 3 N–H and O–H groups in total. The standard InChI is InChI=1S/C15H21N3O3/c1-21-10-12(16)15(20)17-9-14(19)18-8-4-6-11-5-2-3-7-13(11)18/h2-3,5,7,12H,4,6,8-10,16H2,1H3,(H,17,20). The van der Waals surface area contributed by atoms with E-state index in [4.69, 9.17) is 10.5 Å². The quantitative estimate of drug-likeness (QED) is 0.803. The van der Waals surface area contributed by atoms with Gasteiger partial charge in [-0.05, 0) is 24.5 Å². The number of benzene rings is 1. The summed E-state index contributed by atoms with van der Waals surface area (Å²) in [6.45, 7) is 0.757. The van der Waals surface area contributed by atoms with Crippen molar-refractivity contribution in [3.8, 4) is 0 Å². The number of nitrogens with zero attached hydrogens (tertiary/aromatic N) is 1. The number of para-hydroxylation sites is 1. The van der Waals surface area contributed by atoms with Crippen LogP contribution in [0.15, 0.2) is 24.3 Å². The highest BCUT2D eigenvalue weighted by Crippen LogP contribution is 2.26. The van der Waals surface area contributed by atoms with E-state index in [1.165, 1.54) is 12.7 Å². The van der Waals surface area contributed by atoms with Gasteiger partial charge in [0.05, 0.1) is 13.2 Å². The van der Waals surface area contributed by atoms with E-state index >= 15 is 0 Å². The summed E-state index contributed by atoms with van der Waals surface area (Å²) in [4.78, 5) is 25.7. The molecule has 6 heteroatoms. The Morgan fingerprint density at radius 2 is 2.19 bits per heavy atom. The van der Waals surface area contributed by atoms with Crippen LogP contribution in [0.2, 0.25) is 0 Å². The molecule has 0 fully saturated rings. The summed E-state index contributed by atoms with van der Waals surface area (Å²) in [7, 11) is 1.48. The average Bonchev–Trinajstić information content (AvgIpc) is 2.51. The van der Waals surface area contributed by atoms with Crippen LogP contribution in [-0.2, 0) is 20.7 Å². The van der Waals surface area contributed by atoms with Gasteiger partial charge in [-0.15, -0.1) is 0 Å². The van der Waals surface area contributed by atoms with E-state index in [-0.39, 0.29) is 25.0 Å². The highest BCUT2D eigenvalue weighted by molar-refractivity contribution is 5.98. The van der Waals surface area contributed by atoms with Crippen molar-refractivity contribution in [2.24, 2.45) is 5.73 Å². The van der Waals surface area contributed by atoms with Crippen LogP contribution in [0, 0.1) is 0 Å². The maximum absolute atomic E-state index is 12.3. The molecule has 1 aromatic rings. The first-order chi connectivity index (χ1) is 10.1. The topological polar surface area (TPSA) is 84.7 Å². The molecule has 6 nitrogen and oxygen atoms in total. The molecule has 1 aromatic carbocycles. The summed E-state index contributed by atoms with van der Waals surface area (Å²) in [5, 5.41) is 2.56. The number of fused-ring (bicyclic) bond motifs is 1. The Morgan fingerprint density at radius 3 is 2.95 bits per heavy atom. The number of hydrogen-bond donors (Lipinski definition) is 2. The first-order valence-electron chi connectivity index (χ1n) is 7.04. The molecule has 114 valence electrons. The predicted octanol–water partition coefficient (Wildman–Crippen LogP) is 0.0557. The fourth-order valence-corrected chi connectivity index (χ4v) is 2.44. The van der Waals surface area contributed by atoms with Gasteiger partial charge in [0.2, 0.25) is 11.8 Å². The molecular formula is C15H21N3O3. The molecule has 1 aliphatic heterocycles. The number of aryl methyl sites for hydroxylation is 1. The summed E-state index contributed by atoms with van der Waals surface area (Å²) in [6, 6.07) is 7.10. The second kappa shape index (κ2) is 7.19. The van der Waals surface area contributed by atoms with Crippen LogP contribution < -0.4 is 16.0 Å². The number of methoxy groups -OCH3 is 1. The SMILES string of the molecule is COCC(N)C(=O)NCC(=O)N1CCCc2ccccc21. The van der Waals surface area contributed by atoms with Crippen LogP contribution in [0.25, 0.3) is 0 Å². The number of amides is 2. The lowest BCUT2D eigenvalue weighted by atomic mass is 10.0. The molecule has 0 bridgehead atoms. The maximum atomic E-state index is 12.3. The van der Waals surface area contributed by atoms with Crippen molar-refractivity contribution in [2.45, 2.75) is 18.9 Å². The number of hydrogen-bond acceptors (Lipinski definition) is 4. The minimum absolute atomic E-state index is 0.0510.